The fourth-order valence-corrected chi connectivity index (χ4v) is 9.09. The summed E-state index contributed by atoms with van der Waals surface area (Å²) in [7, 11) is 0. The first-order valence-electron chi connectivity index (χ1n) is 33.0. The van der Waals surface area contributed by atoms with Crippen molar-refractivity contribution >= 4 is 17.9 Å². The third-order valence-electron chi connectivity index (χ3n) is 14.0. The van der Waals surface area contributed by atoms with Gasteiger partial charge in [0.05, 0.1) is 0 Å². The fourth-order valence-electron chi connectivity index (χ4n) is 9.09. The summed E-state index contributed by atoms with van der Waals surface area (Å²) in [5.41, 5.74) is 0. The van der Waals surface area contributed by atoms with Crippen LogP contribution >= 0.6 is 0 Å². The topological polar surface area (TPSA) is 78.9 Å². The quantitative estimate of drug-likeness (QED) is 0.0261. The number of esters is 3. The summed E-state index contributed by atoms with van der Waals surface area (Å²) in [6, 6.07) is 0. The molecule has 0 aliphatic carbocycles. The van der Waals surface area contributed by atoms with Gasteiger partial charge in [-0.1, -0.05) is 296 Å². The first kappa shape index (κ1) is 74.8. The minimum absolute atomic E-state index is 0.0842. The van der Waals surface area contributed by atoms with E-state index in [1.54, 1.807) is 0 Å². The van der Waals surface area contributed by atoms with Crippen LogP contribution in [0.4, 0.5) is 0 Å². The molecule has 0 spiro atoms. The van der Waals surface area contributed by atoms with E-state index in [9.17, 15) is 14.4 Å². The average Bonchev–Trinajstić information content (AvgIpc) is 3.45. The van der Waals surface area contributed by atoms with E-state index in [0.29, 0.717) is 19.3 Å². The van der Waals surface area contributed by atoms with Gasteiger partial charge in [0.15, 0.2) is 6.10 Å². The largest absolute Gasteiger partial charge is 0.462 e. The van der Waals surface area contributed by atoms with Crippen molar-refractivity contribution in [2.75, 3.05) is 13.2 Å². The van der Waals surface area contributed by atoms with Crippen LogP contribution in [0, 0.1) is 0 Å². The monoisotopic (exact) mass is 1090 g/mol. The van der Waals surface area contributed by atoms with Gasteiger partial charge in [-0.2, -0.15) is 0 Å². The van der Waals surface area contributed by atoms with Gasteiger partial charge in [0.2, 0.25) is 0 Å². The lowest BCUT2D eigenvalue weighted by atomic mass is 10.0. The molecule has 6 heteroatoms. The van der Waals surface area contributed by atoms with Crippen molar-refractivity contribution < 1.29 is 28.6 Å². The predicted molar refractivity (Wildman–Crippen MR) is 343 cm³/mol. The Morgan fingerprint density at radius 1 is 0.266 bits per heavy atom. The minimum Gasteiger partial charge on any atom is -0.462 e. The van der Waals surface area contributed by atoms with Crippen molar-refractivity contribution in [1.29, 1.82) is 0 Å². The Morgan fingerprint density at radius 3 is 0.772 bits per heavy atom. The molecular weight excluding hydrogens is 973 g/mol. The number of allylic oxidation sites excluding steroid dienone is 20. The number of carbonyl (C=O) groups is 3. The molecule has 1 unspecified atom stereocenters. The van der Waals surface area contributed by atoms with Crippen LogP contribution in [-0.4, -0.2) is 37.2 Å². The zero-order chi connectivity index (χ0) is 57.1. The third-order valence-corrected chi connectivity index (χ3v) is 14.0. The van der Waals surface area contributed by atoms with Crippen molar-refractivity contribution in [2.45, 2.75) is 309 Å². The second-order valence-electron chi connectivity index (χ2n) is 21.6. The maximum Gasteiger partial charge on any atom is 0.306 e. The van der Waals surface area contributed by atoms with Crippen LogP contribution in [0.25, 0.3) is 0 Å². The van der Waals surface area contributed by atoms with Gasteiger partial charge in [-0.05, 0) is 109 Å². The zero-order valence-corrected chi connectivity index (χ0v) is 51.6. The van der Waals surface area contributed by atoms with Gasteiger partial charge < -0.3 is 14.2 Å². The number of rotatable bonds is 59. The van der Waals surface area contributed by atoms with Gasteiger partial charge >= 0.3 is 17.9 Å². The normalized spacial score (nSPS) is 12.9. The van der Waals surface area contributed by atoms with Crippen LogP contribution in [0.1, 0.15) is 303 Å². The van der Waals surface area contributed by atoms with Gasteiger partial charge in [0.25, 0.3) is 0 Å². The molecule has 0 N–H and O–H groups in total. The number of ether oxygens (including phenoxy) is 3. The van der Waals surface area contributed by atoms with Gasteiger partial charge in [0, 0.05) is 19.3 Å². The molecule has 6 nitrogen and oxygen atoms in total. The highest BCUT2D eigenvalue weighted by atomic mass is 16.6. The summed E-state index contributed by atoms with van der Waals surface area (Å²) in [5, 5.41) is 0. The summed E-state index contributed by atoms with van der Waals surface area (Å²) in [6.07, 6.45) is 92.1. The molecule has 0 amide bonds. The summed E-state index contributed by atoms with van der Waals surface area (Å²) >= 11 is 0. The maximum atomic E-state index is 12.9. The fraction of sp³-hybridized carbons (Fsp3) is 0.685. The van der Waals surface area contributed by atoms with Crippen LogP contribution in [0.2, 0.25) is 0 Å². The Morgan fingerprint density at radius 2 is 0.494 bits per heavy atom. The van der Waals surface area contributed by atoms with Gasteiger partial charge in [-0.3, -0.25) is 14.4 Å². The van der Waals surface area contributed by atoms with Crippen molar-refractivity contribution in [1.82, 2.24) is 0 Å². The SMILES string of the molecule is CC/C=C\C/C=C\C/C=C\C/C=C\C/C=C\C/C=C\C/C=C\CCCCCCCCCCCCCC(=O)OCC(COC(=O)CCCCCCCCCCCCCCC)OC(=O)CCCCCCC/C=C\C/C=C\C/C=C\CC. The third kappa shape index (κ3) is 64.5. The highest BCUT2D eigenvalue weighted by molar-refractivity contribution is 5.71. The summed E-state index contributed by atoms with van der Waals surface area (Å²) < 4.78 is 16.9. The molecule has 0 rings (SSSR count). The molecule has 0 aromatic rings. The number of unbranched alkanes of at least 4 members (excludes halogenated alkanes) is 28. The zero-order valence-electron chi connectivity index (χ0n) is 51.6. The van der Waals surface area contributed by atoms with E-state index in [1.165, 1.54) is 122 Å². The Hall–Kier alpha value is -4.19. The summed E-state index contributed by atoms with van der Waals surface area (Å²) in [6.45, 7) is 6.41. The van der Waals surface area contributed by atoms with Gasteiger partial charge in [0.1, 0.15) is 13.2 Å². The second kappa shape index (κ2) is 66.3. The Bertz CT molecular complexity index is 1640. The molecular formula is C73H122O6. The van der Waals surface area contributed by atoms with Crippen molar-refractivity contribution in [3.8, 4) is 0 Å². The molecule has 0 radical (unpaired) electrons. The predicted octanol–water partition coefficient (Wildman–Crippen LogP) is 22.8. The van der Waals surface area contributed by atoms with E-state index in [-0.39, 0.29) is 31.1 Å². The smallest absolute Gasteiger partial charge is 0.306 e. The summed E-state index contributed by atoms with van der Waals surface area (Å²) in [4.78, 5) is 38.3. The molecule has 0 bridgehead atoms. The first-order valence-corrected chi connectivity index (χ1v) is 33.0. The van der Waals surface area contributed by atoms with Crippen molar-refractivity contribution in [3.05, 3.63) is 122 Å². The van der Waals surface area contributed by atoms with E-state index in [4.69, 9.17) is 14.2 Å². The molecule has 79 heavy (non-hydrogen) atoms. The average molecular weight is 1100 g/mol. The first-order chi connectivity index (χ1) is 39.0. The molecule has 0 aliphatic heterocycles. The highest BCUT2D eigenvalue weighted by Crippen LogP contribution is 2.16. The van der Waals surface area contributed by atoms with Crippen LogP contribution in [0.15, 0.2) is 122 Å². The lowest BCUT2D eigenvalue weighted by Gasteiger charge is -2.18. The lowest BCUT2D eigenvalue weighted by molar-refractivity contribution is -0.167. The second-order valence-corrected chi connectivity index (χ2v) is 21.6. The lowest BCUT2D eigenvalue weighted by Crippen LogP contribution is -2.30. The molecule has 0 saturated heterocycles. The molecule has 0 aromatic carbocycles. The molecule has 1 atom stereocenters. The molecule has 0 aromatic heterocycles. The van der Waals surface area contributed by atoms with Crippen LogP contribution < -0.4 is 0 Å². The van der Waals surface area contributed by atoms with E-state index < -0.39 is 6.10 Å². The number of hydrogen-bond acceptors (Lipinski definition) is 6. The Labute approximate surface area is 488 Å². The van der Waals surface area contributed by atoms with Gasteiger partial charge in [-0.15, -0.1) is 0 Å². The highest BCUT2D eigenvalue weighted by Gasteiger charge is 2.19. The molecule has 0 fully saturated rings. The minimum atomic E-state index is -0.789. The molecule has 0 aliphatic rings. The molecule has 450 valence electrons. The molecule has 0 heterocycles. The van der Waals surface area contributed by atoms with Crippen LogP contribution in [-0.2, 0) is 28.6 Å². The van der Waals surface area contributed by atoms with E-state index >= 15 is 0 Å². The van der Waals surface area contributed by atoms with Crippen LogP contribution in [0.3, 0.4) is 0 Å². The van der Waals surface area contributed by atoms with E-state index in [2.05, 4.69) is 142 Å². The van der Waals surface area contributed by atoms with Crippen LogP contribution in [0.5, 0.6) is 0 Å². The van der Waals surface area contributed by atoms with E-state index in [0.717, 1.165) is 141 Å². The summed E-state index contributed by atoms with van der Waals surface area (Å²) in [5.74, 6) is -0.897. The number of carbonyl (C=O) groups excluding carboxylic acids is 3. The Balaban J connectivity index is 4.23. The standard InChI is InChI=1S/C73H122O6/c1-4-7-10-13-16-19-22-25-27-28-29-30-31-32-33-34-35-36-37-38-39-40-41-42-43-44-46-48-51-54-57-60-63-66-72(75)78-69-70(68-77-71(74)65-62-59-56-53-50-47-24-21-18-15-12-9-6-3)79-73(76)67-64-61-58-55-52-49-45-26-23-20-17-14-11-8-5-2/h7-8,10-11,16-17,19-20,25-27,29-30,32-33,35-36,38-39,45,70H,4-6,9,12-15,18,21-24,28,31,34,37,40-44,46-69H2,1-3H3/b10-7-,11-8-,19-16-,20-17-,27-25-,30-29-,33-32-,36-35-,39-38-,45-26-. The van der Waals surface area contributed by atoms with Gasteiger partial charge in [-0.25, -0.2) is 0 Å². The number of hydrogen-bond donors (Lipinski definition) is 0. The van der Waals surface area contributed by atoms with E-state index in [1.807, 2.05) is 0 Å². The van der Waals surface area contributed by atoms with Crippen molar-refractivity contribution in [2.24, 2.45) is 0 Å². The maximum absolute atomic E-state index is 12.9. The molecule has 0 saturated carbocycles. The van der Waals surface area contributed by atoms with Crippen molar-refractivity contribution in [3.63, 3.8) is 0 Å². The Kier molecular flexibility index (Phi) is 62.8.